The number of esters is 1. The maximum absolute atomic E-state index is 13.4. The van der Waals surface area contributed by atoms with Crippen molar-refractivity contribution in [1.29, 1.82) is 0 Å². The van der Waals surface area contributed by atoms with Crippen LogP contribution in [0.3, 0.4) is 0 Å². The van der Waals surface area contributed by atoms with Crippen molar-refractivity contribution in [3.05, 3.63) is 34.6 Å². The van der Waals surface area contributed by atoms with Crippen molar-refractivity contribution in [2.75, 3.05) is 6.61 Å². The number of halogens is 5. The summed E-state index contributed by atoms with van der Waals surface area (Å²) in [5.41, 5.74) is -1.07. The van der Waals surface area contributed by atoms with E-state index < -0.39 is 65.4 Å². The van der Waals surface area contributed by atoms with Gasteiger partial charge in [0.25, 0.3) is 0 Å². The Morgan fingerprint density at radius 1 is 1.05 bits per heavy atom. The molecule has 1 fully saturated rings. The van der Waals surface area contributed by atoms with Gasteiger partial charge in [0, 0.05) is 18.4 Å². The van der Waals surface area contributed by atoms with Gasteiger partial charge < -0.3 is 10.1 Å². The van der Waals surface area contributed by atoms with E-state index in [-0.39, 0.29) is 13.0 Å². The molecule has 0 aromatic heterocycles. The van der Waals surface area contributed by atoms with Crippen molar-refractivity contribution >= 4 is 11.9 Å². The molecule has 2 rings (SSSR count). The van der Waals surface area contributed by atoms with E-state index in [0.717, 1.165) is 0 Å². The number of rotatable bonds is 4. The van der Waals surface area contributed by atoms with E-state index in [9.17, 15) is 31.5 Å². The topological polar surface area (TPSA) is 55.4 Å². The molecule has 0 aliphatic carbocycles. The molecule has 0 saturated carbocycles. The fourth-order valence-electron chi connectivity index (χ4n) is 2.00. The zero-order valence-electron chi connectivity index (χ0n) is 11.0. The fraction of sp³-hybridized carbons (Fsp3) is 0.385. The van der Waals surface area contributed by atoms with Crippen molar-refractivity contribution in [2.45, 2.75) is 25.3 Å². The lowest BCUT2D eigenvalue weighted by Gasteiger charge is -2.10. The number of amides is 1. The summed E-state index contributed by atoms with van der Waals surface area (Å²) >= 11 is 0. The van der Waals surface area contributed by atoms with Gasteiger partial charge in [0.05, 0.1) is 6.61 Å². The van der Waals surface area contributed by atoms with Crippen molar-refractivity contribution < 1.29 is 36.3 Å². The highest BCUT2D eigenvalue weighted by Gasteiger charge is 2.29. The van der Waals surface area contributed by atoms with Crippen LogP contribution in [0.25, 0.3) is 0 Å². The first-order chi connectivity index (χ1) is 10.3. The van der Waals surface area contributed by atoms with Crippen LogP contribution in [0.5, 0.6) is 0 Å². The average molecular weight is 323 g/mol. The largest absolute Gasteiger partial charge is 0.464 e. The molecule has 1 aromatic carbocycles. The maximum Gasteiger partial charge on any atom is 0.328 e. The molecule has 1 aromatic rings. The first kappa shape index (κ1) is 16.2. The normalized spacial score (nSPS) is 17.5. The number of ether oxygens (including phenoxy) is 1. The Morgan fingerprint density at radius 2 is 1.59 bits per heavy atom. The number of benzene rings is 1. The standard InChI is InChI=1S/C13H10F5NO3/c14-8-5(9(15)11(17)12(18)10(8)16)1-2-7(20)19-6-3-4-22-13(6)21/h6H,1-4H2,(H,19,20)/t6-/m1/s1. The van der Waals surface area contributed by atoms with Crippen LogP contribution in [0.2, 0.25) is 0 Å². The molecular formula is C13H10F5NO3. The number of hydrogen-bond acceptors (Lipinski definition) is 3. The molecule has 1 saturated heterocycles. The van der Waals surface area contributed by atoms with Gasteiger partial charge in [-0.1, -0.05) is 0 Å². The van der Waals surface area contributed by atoms with Crippen LogP contribution in [0.4, 0.5) is 22.0 Å². The SMILES string of the molecule is O=C(CCc1c(F)c(F)c(F)c(F)c1F)N[C@@H]1CCOC1=O. The molecule has 22 heavy (non-hydrogen) atoms. The smallest absolute Gasteiger partial charge is 0.328 e. The van der Waals surface area contributed by atoms with Gasteiger partial charge in [-0.2, -0.15) is 0 Å². The van der Waals surface area contributed by atoms with Crippen LogP contribution in [-0.2, 0) is 20.7 Å². The van der Waals surface area contributed by atoms with Gasteiger partial charge in [-0.05, 0) is 6.42 Å². The molecule has 1 aliphatic rings. The Kier molecular flexibility index (Phi) is 4.62. The van der Waals surface area contributed by atoms with Crippen molar-refractivity contribution in [2.24, 2.45) is 0 Å². The molecule has 4 nitrogen and oxygen atoms in total. The Hall–Kier alpha value is -2.19. The third-order valence-electron chi connectivity index (χ3n) is 3.17. The highest BCUT2D eigenvalue weighted by atomic mass is 19.2. The molecular weight excluding hydrogens is 313 g/mol. The third kappa shape index (κ3) is 3.02. The Labute approximate surface area is 121 Å². The second-order valence-electron chi connectivity index (χ2n) is 4.62. The summed E-state index contributed by atoms with van der Waals surface area (Å²) in [5.74, 6) is -11.7. The minimum Gasteiger partial charge on any atom is -0.464 e. The van der Waals surface area contributed by atoms with Crippen LogP contribution >= 0.6 is 0 Å². The molecule has 0 radical (unpaired) electrons. The summed E-state index contributed by atoms with van der Waals surface area (Å²) in [6.45, 7) is 0.140. The van der Waals surface area contributed by atoms with E-state index in [1.807, 2.05) is 0 Å². The van der Waals surface area contributed by atoms with Gasteiger partial charge >= 0.3 is 5.97 Å². The van der Waals surface area contributed by atoms with Gasteiger partial charge in [-0.25, -0.2) is 26.7 Å². The maximum atomic E-state index is 13.4. The predicted octanol–water partition coefficient (Wildman–Crippen LogP) is 1.75. The second-order valence-corrected chi connectivity index (χ2v) is 4.62. The first-order valence-electron chi connectivity index (χ1n) is 6.29. The van der Waals surface area contributed by atoms with Crippen LogP contribution in [0.1, 0.15) is 18.4 Å². The molecule has 1 aliphatic heterocycles. The average Bonchev–Trinajstić information content (AvgIpc) is 2.88. The van der Waals surface area contributed by atoms with Crippen LogP contribution in [0, 0.1) is 29.1 Å². The zero-order chi connectivity index (χ0) is 16.4. The lowest BCUT2D eigenvalue weighted by molar-refractivity contribution is -0.141. The van der Waals surface area contributed by atoms with E-state index in [1.54, 1.807) is 0 Å². The van der Waals surface area contributed by atoms with Gasteiger partial charge in [-0.15, -0.1) is 0 Å². The Bertz CT molecular complexity index is 606. The number of carbonyl (C=O) groups excluding carboxylic acids is 2. The summed E-state index contributed by atoms with van der Waals surface area (Å²) in [4.78, 5) is 22.7. The molecule has 0 spiro atoms. The van der Waals surface area contributed by atoms with Gasteiger partial charge in [0.1, 0.15) is 6.04 Å². The highest BCUT2D eigenvalue weighted by Crippen LogP contribution is 2.24. The quantitative estimate of drug-likeness (QED) is 0.397. The summed E-state index contributed by atoms with van der Waals surface area (Å²) < 4.78 is 70.2. The first-order valence-corrected chi connectivity index (χ1v) is 6.29. The Morgan fingerprint density at radius 3 is 2.09 bits per heavy atom. The highest BCUT2D eigenvalue weighted by molar-refractivity contribution is 5.85. The molecule has 1 N–H and O–H groups in total. The summed E-state index contributed by atoms with van der Waals surface area (Å²) in [5, 5.41) is 2.26. The van der Waals surface area contributed by atoms with Gasteiger partial charge in [0.2, 0.25) is 11.7 Å². The zero-order valence-corrected chi connectivity index (χ0v) is 11.0. The van der Waals surface area contributed by atoms with Crippen LogP contribution < -0.4 is 5.32 Å². The van der Waals surface area contributed by atoms with Gasteiger partial charge in [-0.3, -0.25) is 4.79 Å². The fourth-order valence-corrected chi connectivity index (χ4v) is 2.00. The molecule has 9 heteroatoms. The third-order valence-corrected chi connectivity index (χ3v) is 3.17. The van der Waals surface area contributed by atoms with Crippen molar-refractivity contribution in [1.82, 2.24) is 5.32 Å². The summed E-state index contributed by atoms with van der Waals surface area (Å²) in [7, 11) is 0. The monoisotopic (exact) mass is 323 g/mol. The minimum atomic E-state index is -2.25. The van der Waals surface area contributed by atoms with Gasteiger partial charge in [0.15, 0.2) is 23.3 Å². The predicted molar refractivity (Wildman–Crippen MR) is 62.1 cm³/mol. The lowest BCUT2D eigenvalue weighted by Crippen LogP contribution is -2.38. The van der Waals surface area contributed by atoms with Crippen LogP contribution in [0.15, 0.2) is 0 Å². The summed E-state index contributed by atoms with van der Waals surface area (Å²) in [6, 6.07) is -0.858. The number of carbonyl (C=O) groups is 2. The number of cyclic esters (lactones) is 1. The molecule has 120 valence electrons. The van der Waals surface area contributed by atoms with E-state index in [0.29, 0.717) is 0 Å². The van der Waals surface area contributed by atoms with Crippen LogP contribution in [-0.4, -0.2) is 24.5 Å². The molecule has 0 unspecified atom stereocenters. The number of nitrogens with one attached hydrogen (secondary N) is 1. The van der Waals surface area contributed by atoms with E-state index in [2.05, 4.69) is 10.1 Å². The van der Waals surface area contributed by atoms with Crippen molar-refractivity contribution in [3.8, 4) is 0 Å². The van der Waals surface area contributed by atoms with E-state index >= 15 is 0 Å². The Balaban J connectivity index is 2.05. The molecule has 1 heterocycles. The minimum absolute atomic E-state index is 0.140. The lowest BCUT2D eigenvalue weighted by atomic mass is 10.1. The van der Waals surface area contributed by atoms with Crippen molar-refractivity contribution in [3.63, 3.8) is 0 Å². The van der Waals surface area contributed by atoms with E-state index in [4.69, 9.17) is 0 Å². The molecule has 1 atom stereocenters. The number of hydrogen-bond donors (Lipinski definition) is 1. The molecule has 0 bridgehead atoms. The van der Waals surface area contributed by atoms with E-state index in [1.165, 1.54) is 0 Å². The molecule has 1 amide bonds. The second kappa shape index (κ2) is 6.29. The summed E-state index contributed by atoms with van der Waals surface area (Å²) in [6.07, 6.45) is -0.978.